The predicted molar refractivity (Wildman–Crippen MR) is 351 cm³/mol. The number of unbranched alkanes of at least 4 members (excludes halogenated alkanes) is 1. The average molecular weight is 1210 g/mol. The third-order valence-corrected chi connectivity index (χ3v) is 14.2. The minimum Gasteiger partial charge on any atom is -0.490 e. The summed E-state index contributed by atoms with van der Waals surface area (Å²) >= 11 is 1.41. The van der Waals surface area contributed by atoms with Crippen LogP contribution in [0.5, 0.6) is 11.5 Å². The van der Waals surface area contributed by atoms with Crippen LogP contribution in [0, 0.1) is 0 Å². The quantitative estimate of drug-likeness (QED) is 0.0148. The maximum atomic E-state index is 12.1. The standard InChI is InChI=1S/C40H39N7O4.C28H28N6O3S/c1-4-39(48)50-28-10-9-13-40(49)51-34-24-20-32(21-25-34)42-41-29-14-16-30(17-15-29)43-45-37-26-27-38(36-12-8-7-11-35(36)37)46-44-31-18-22-33(23-19-31)47(5-2)6-3;1-4-27(35)37-18-17-36-24-15-16-25-26(19-24)38-28(29-25)33-32-21-9-7-20(8-10-21)30-31-22-11-13-23(14-12-22)34(5-2)6-3/h4,7-8,11-12,14-27H,1,5-6,9-10,13,28H2,2-3H3;4,7-16,19H,1,5-6,17-18H2,2-3H3. The summed E-state index contributed by atoms with van der Waals surface area (Å²) in [5.41, 5.74) is 9.52. The maximum absolute atomic E-state index is 12.1. The van der Waals surface area contributed by atoms with Gasteiger partial charge in [-0.25, -0.2) is 14.6 Å². The number of nitrogens with zero attached hydrogens (tertiary/aromatic N) is 13. The third kappa shape index (κ3) is 19.9. The highest BCUT2D eigenvalue weighted by atomic mass is 32.1. The first-order valence-electron chi connectivity index (χ1n) is 29.0. The number of hydrogen-bond acceptors (Lipinski definition) is 21. The van der Waals surface area contributed by atoms with Crippen LogP contribution in [0.25, 0.3) is 21.0 Å². The van der Waals surface area contributed by atoms with E-state index in [-0.39, 0.29) is 32.2 Å². The summed E-state index contributed by atoms with van der Waals surface area (Å²) in [5.74, 6) is -0.247. The monoisotopic (exact) mass is 1210 g/mol. The Morgan fingerprint density at radius 2 is 0.865 bits per heavy atom. The normalized spacial score (nSPS) is 11.4. The van der Waals surface area contributed by atoms with Gasteiger partial charge >= 0.3 is 17.9 Å². The van der Waals surface area contributed by atoms with Crippen molar-refractivity contribution in [1.82, 2.24) is 4.98 Å². The predicted octanol–water partition coefficient (Wildman–Crippen LogP) is 19.8. The Morgan fingerprint density at radius 1 is 0.461 bits per heavy atom. The van der Waals surface area contributed by atoms with E-state index in [1.54, 1.807) is 24.3 Å². The van der Waals surface area contributed by atoms with Gasteiger partial charge in [0.1, 0.15) is 24.7 Å². The van der Waals surface area contributed by atoms with Gasteiger partial charge in [-0.1, -0.05) is 48.8 Å². The largest absolute Gasteiger partial charge is 0.490 e. The second-order valence-corrected chi connectivity index (χ2v) is 20.2. The van der Waals surface area contributed by atoms with Crippen LogP contribution in [0.4, 0.5) is 67.7 Å². The van der Waals surface area contributed by atoms with Gasteiger partial charge in [0, 0.05) is 66.9 Å². The van der Waals surface area contributed by atoms with Crippen molar-refractivity contribution in [3.63, 3.8) is 0 Å². The van der Waals surface area contributed by atoms with Gasteiger partial charge in [-0.3, -0.25) is 4.79 Å². The summed E-state index contributed by atoms with van der Waals surface area (Å²) in [6, 6.07) is 54.8. The Balaban J connectivity index is 0.000000240. The second-order valence-electron chi connectivity index (χ2n) is 19.2. The van der Waals surface area contributed by atoms with Crippen LogP contribution >= 0.6 is 11.3 Å². The van der Waals surface area contributed by atoms with Crippen molar-refractivity contribution in [1.29, 1.82) is 0 Å². The first-order chi connectivity index (χ1) is 43.5. The van der Waals surface area contributed by atoms with Crippen LogP contribution < -0.4 is 19.3 Å². The number of azo groups is 5. The first kappa shape index (κ1) is 64.2. The first-order valence-corrected chi connectivity index (χ1v) is 29.8. The molecule has 0 amide bonds. The highest BCUT2D eigenvalue weighted by molar-refractivity contribution is 7.21. The Labute approximate surface area is 520 Å². The van der Waals surface area contributed by atoms with E-state index >= 15 is 0 Å². The molecule has 0 spiro atoms. The summed E-state index contributed by atoms with van der Waals surface area (Å²) < 4.78 is 21.7. The molecular formula is C68H67N13O7S. The number of carbonyl (C=O) groups excluding carboxylic acids is 3. The molecule has 0 aliphatic heterocycles. The summed E-state index contributed by atoms with van der Waals surface area (Å²) in [6.45, 7) is 19.7. The molecule has 0 saturated carbocycles. The Kier molecular flexibility index (Phi) is 24.4. The molecule has 8 aromatic carbocycles. The second kappa shape index (κ2) is 33.8. The van der Waals surface area contributed by atoms with Crippen LogP contribution in [0.1, 0.15) is 47.0 Å². The topological polar surface area (TPSA) is 231 Å². The summed E-state index contributed by atoms with van der Waals surface area (Å²) in [5, 5.41) is 46.2. The van der Waals surface area contributed by atoms with Crippen molar-refractivity contribution < 1.29 is 33.3 Å². The average Bonchev–Trinajstić information content (AvgIpc) is 1.77. The zero-order valence-electron chi connectivity index (χ0n) is 50.0. The number of rotatable bonds is 28. The molecule has 0 aliphatic carbocycles. The summed E-state index contributed by atoms with van der Waals surface area (Å²) in [6.07, 6.45) is 3.54. The van der Waals surface area contributed by atoms with Gasteiger partial charge < -0.3 is 28.7 Å². The molecule has 0 unspecified atom stereocenters. The van der Waals surface area contributed by atoms with Gasteiger partial charge in [-0.15, -0.1) is 20.5 Å². The maximum Gasteiger partial charge on any atom is 0.330 e. The van der Waals surface area contributed by atoms with E-state index in [1.807, 2.05) is 127 Å². The van der Waals surface area contributed by atoms with E-state index in [4.69, 9.17) is 18.9 Å². The smallest absolute Gasteiger partial charge is 0.330 e. The minimum atomic E-state index is -0.477. The molecule has 0 fully saturated rings. The van der Waals surface area contributed by atoms with E-state index in [0.29, 0.717) is 52.2 Å². The van der Waals surface area contributed by atoms with Crippen LogP contribution in [0.2, 0.25) is 0 Å². The lowest BCUT2D eigenvalue weighted by Crippen LogP contribution is -2.21. The molecule has 1 aromatic heterocycles. The number of ether oxygens (including phenoxy) is 4. The SMILES string of the molecule is C=CC(=O)OCCCCC(=O)Oc1ccc(N=Nc2ccc(N=Nc3ccc(N=Nc4ccc(N(CC)CC)cc4)c4ccccc34)cc2)cc1.C=CC(=O)OCCOc1ccc2nc(N=Nc3ccc(N=Nc4ccc(N(CC)CC)cc4)cc3)sc2c1. The van der Waals surface area contributed by atoms with E-state index in [0.717, 1.165) is 87.8 Å². The van der Waals surface area contributed by atoms with Crippen molar-refractivity contribution >= 4 is 118 Å². The summed E-state index contributed by atoms with van der Waals surface area (Å²) in [7, 11) is 0. The number of thiazole rings is 1. The van der Waals surface area contributed by atoms with E-state index in [1.165, 1.54) is 22.7 Å². The van der Waals surface area contributed by atoms with Gasteiger partial charge in [0.25, 0.3) is 0 Å². The molecule has 0 saturated heterocycles. The summed E-state index contributed by atoms with van der Waals surface area (Å²) in [4.78, 5) is 43.3. The highest BCUT2D eigenvalue weighted by Gasteiger charge is 2.10. The molecular weight excluding hydrogens is 1140 g/mol. The molecule has 0 radical (unpaired) electrons. The molecule has 452 valence electrons. The van der Waals surface area contributed by atoms with Gasteiger partial charge in [0.05, 0.1) is 68.0 Å². The van der Waals surface area contributed by atoms with Crippen molar-refractivity contribution in [3.8, 4) is 11.5 Å². The Morgan fingerprint density at radius 3 is 1.31 bits per heavy atom. The van der Waals surface area contributed by atoms with Crippen molar-refractivity contribution in [2.75, 3.05) is 55.8 Å². The number of carbonyl (C=O) groups is 3. The van der Waals surface area contributed by atoms with Crippen LogP contribution in [-0.2, 0) is 23.9 Å². The zero-order chi connectivity index (χ0) is 62.6. The Bertz CT molecular complexity index is 3960. The lowest BCUT2D eigenvalue weighted by Gasteiger charge is -2.20. The molecule has 0 aliphatic rings. The number of benzene rings is 8. The fourth-order valence-electron chi connectivity index (χ4n) is 8.56. The van der Waals surface area contributed by atoms with Gasteiger partial charge in [-0.2, -0.15) is 30.7 Å². The minimum absolute atomic E-state index is 0.148. The molecule has 20 nitrogen and oxygen atoms in total. The van der Waals surface area contributed by atoms with E-state index in [2.05, 4.69) is 131 Å². The number of aromatic nitrogens is 1. The number of esters is 3. The van der Waals surface area contributed by atoms with Crippen molar-refractivity contribution in [3.05, 3.63) is 201 Å². The molecule has 1 heterocycles. The molecule has 0 bridgehead atoms. The molecule has 9 rings (SSSR count). The lowest BCUT2D eigenvalue weighted by atomic mass is 10.1. The molecule has 0 atom stereocenters. The number of anilines is 2. The lowest BCUT2D eigenvalue weighted by molar-refractivity contribution is -0.139. The molecule has 9 aromatic rings. The van der Waals surface area contributed by atoms with Crippen LogP contribution in [0.15, 0.2) is 252 Å². The third-order valence-electron chi connectivity index (χ3n) is 13.3. The van der Waals surface area contributed by atoms with Gasteiger partial charge in [-0.05, 0) is 192 Å². The van der Waals surface area contributed by atoms with Gasteiger partial charge in [0.2, 0.25) is 5.13 Å². The number of hydrogen-bond donors (Lipinski definition) is 0. The fourth-order valence-corrected chi connectivity index (χ4v) is 9.37. The number of fused-ring (bicyclic) bond motifs is 2. The van der Waals surface area contributed by atoms with Crippen LogP contribution in [0.3, 0.4) is 0 Å². The highest BCUT2D eigenvalue weighted by Crippen LogP contribution is 2.37. The Hall–Kier alpha value is -10.8. The molecule has 0 N–H and O–H groups in total. The van der Waals surface area contributed by atoms with Crippen molar-refractivity contribution in [2.24, 2.45) is 51.1 Å². The van der Waals surface area contributed by atoms with Gasteiger partial charge in [0.15, 0.2) is 0 Å². The molecule has 21 heteroatoms. The fraction of sp³-hybridized carbons (Fsp3) is 0.206. The molecule has 89 heavy (non-hydrogen) atoms. The van der Waals surface area contributed by atoms with Crippen molar-refractivity contribution in [2.45, 2.75) is 47.0 Å². The van der Waals surface area contributed by atoms with E-state index < -0.39 is 11.9 Å². The van der Waals surface area contributed by atoms with E-state index in [9.17, 15) is 14.4 Å². The zero-order valence-corrected chi connectivity index (χ0v) is 50.8. The van der Waals surface area contributed by atoms with Crippen LogP contribution in [-0.4, -0.2) is 68.9 Å².